The highest BCUT2D eigenvalue weighted by molar-refractivity contribution is 5.85. The second-order valence-electron chi connectivity index (χ2n) is 7.44. The van der Waals surface area contributed by atoms with Gasteiger partial charge in [0, 0.05) is 5.54 Å². The van der Waals surface area contributed by atoms with Crippen LogP contribution in [0, 0.1) is 5.92 Å². The lowest BCUT2D eigenvalue weighted by atomic mass is 9.82. The van der Waals surface area contributed by atoms with E-state index in [0.717, 1.165) is 6.42 Å². The Morgan fingerprint density at radius 1 is 0.727 bits per heavy atom. The summed E-state index contributed by atoms with van der Waals surface area (Å²) in [6.07, 6.45) is 19.6. The molecule has 2 N–H and O–H groups in total. The molecule has 0 saturated heterocycles. The molecule has 0 aromatic rings. The van der Waals surface area contributed by atoms with Gasteiger partial charge >= 0.3 is 0 Å². The lowest BCUT2D eigenvalue weighted by Gasteiger charge is -2.30. The largest absolute Gasteiger partial charge is 0.325 e. The molecule has 0 aliphatic rings. The van der Waals surface area contributed by atoms with Gasteiger partial charge in [0.1, 0.15) is 0 Å². The molecule has 0 saturated carbocycles. The zero-order chi connectivity index (χ0) is 16.0. The van der Waals surface area contributed by atoms with Crippen molar-refractivity contribution in [3.8, 4) is 0 Å². The van der Waals surface area contributed by atoms with Crippen LogP contribution in [0.4, 0.5) is 0 Å². The molecule has 0 rings (SSSR count). The number of rotatable bonds is 15. The molecule has 0 heterocycles. The Kier molecular flexibility index (Phi) is 18.0. The molecule has 2 unspecified atom stereocenters. The van der Waals surface area contributed by atoms with E-state index >= 15 is 0 Å². The Labute approximate surface area is 147 Å². The number of halogens is 1. The second kappa shape index (κ2) is 16.1. The van der Waals surface area contributed by atoms with E-state index in [9.17, 15) is 0 Å². The molecule has 136 valence electrons. The fourth-order valence-corrected chi connectivity index (χ4v) is 2.97. The summed E-state index contributed by atoms with van der Waals surface area (Å²) in [6, 6.07) is 0. The van der Waals surface area contributed by atoms with Gasteiger partial charge in [-0.2, -0.15) is 0 Å². The molecule has 0 spiro atoms. The zero-order valence-corrected chi connectivity index (χ0v) is 16.8. The molecule has 22 heavy (non-hydrogen) atoms. The topological polar surface area (TPSA) is 26.0 Å². The van der Waals surface area contributed by atoms with Gasteiger partial charge < -0.3 is 5.73 Å². The SMILES string of the molecule is CCCCCCCCCCCCCCC(C)C(C)(N)CC.Cl. The Balaban J connectivity index is 0. The van der Waals surface area contributed by atoms with Crippen LogP contribution in [0.5, 0.6) is 0 Å². The standard InChI is InChI=1S/C20H43N.ClH/c1-5-7-8-9-10-11-12-13-14-15-16-17-18-19(3)20(4,21)6-2;/h19H,5-18,21H2,1-4H3;1H. The minimum atomic E-state index is 0. The highest BCUT2D eigenvalue weighted by Gasteiger charge is 2.23. The Morgan fingerprint density at radius 2 is 1.09 bits per heavy atom. The number of hydrogen-bond acceptors (Lipinski definition) is 1. The molecular weight excluding hydrogens is 290 g/mol. The molecule has 0 aliphatic carbocycles. The van der Waals surface area contributed by atoms with Gasteiger partial charge in [0.2, 0.25) is 0 Å². The maximum atomic E-state index is 6.30. The van der Waals surface area contributed by atoms with E-state index in [1.165, 1.54) is 83.5 Å². The number of hydrogen-bond donors (Lipinski definition) is 1. The summed E-state index contributed by atoms with van der Waals surface area (Å²) in [5, 5.41) is 0. The van der Waals surface area contributed by atoms with Gasteiger partial charge in [0.05, 0.1) is 0 Å². The lowest BCUT2D eigenvalue weighted by molar-refractivity contribution is 0.282. The first kappa shape index (κ1) is 24.5. The van der Waals surface area contributed by atoms with Crippen LogP contribution in [0.2, 0.25) is 0 Å². The fraction of sp³-hybridized carbons (Fsp3) is 1.00. The van der Waals surface area contributed by atoms with E-state index in [1.807, 2.05) is 0 Å². The third-order valence-corrected chi connectivity index (χ3v) is 5.38. The normalized spacial score (nSPS) is 15.1. The lowest BCUT2D eigenvalue weighted by Crippen LogP contribution is -2.42. The fourth-order valence-electron chi connectivity index (χ4n) is 2.97. The molecule has 0 radical (unpaired) electrons. The average molecular weight is 334 g/mol. The molecule has 0 aromatic carbocycles. The van der Waals surface area contributed by atoms with Crippen LogP contribution in [0.15, 0.2) is 0 Å². The van der Waals surface area contributed by atoms with Crippen molar-refractivity contribution in [1.82, 2.24) is 0 Å². The molecule has 0 aliphatic heterocycles. The van der Waals surface area contributed by atoms with Crippen molar-refractivity contribution < 1.29 is 0 Å². The van der Waals surface area contributed by atoms with Gasteiger partial charge in [0.15, 0.2) is 0 Å². The van der Waals surface area contributed by atoms with E-state index in [2.05, 4.69) is 27.7 Å². The van der Waals surface area contributed by atoms with Crippen LogP contribution in [0.3, 0.4) is 0 Å². The molecule has 0 amide bonds. The van der Waals surface area contributed by atoms with Crippen LogP contribution >= 0.6 is 12.4 Å². The maximum Gasteiger partial charge on any atom is 0.0149 e. The van der Waals surface area contributed by atoms with Crippen LogP contribution in [-0.4, -0.2) is 5.54 Å². The first-order chi connectivity index (χ1) is 10.0. The highest BCUT2D eigenvalue weighted by atomic mass is 35.5. The van der Waals surface area contributed by atoms with Crippen molar-refractivity contribution in [2.45, 2.75) is 123 Å². The van der Waals surface area contributed by atoms with Crippen LogP contribution in [0.25, 0.3) is 0 Å². The van der Waals surface area contributed by atoms with Crippen molar-refractivity contribution in [3.05, 3.63) is 0 Å². The zero-order valence-electron chi connectivity index (χ0n) is 16.0. The average Bonchev–Trinajstić information content (AvgIpc) is 2.48. The molecule has 0 fully saturated rings. The minimum Gasteiger partial charge on any atom is -0.325 e. The van der Waals surface area contributed by atoms with Crippen molar-refractivity contribution in [2.24, 2.45) is 11.7 Å². The van der Waals surface area contributed by atoms with E-state index in [0.29, 0.717) is 5.92 Å². The minimum absolute atomic E-state index is 0. The van der Waals surface area contributed by atoms with Crippen LogP contribution in [0.1, 0.15) is 118 Å². The Hall–Kier alpha value is 0.250. The Bertz CT molecular complexity index is 216. The van der Waals surface area contributed by atoms with Gasteiger partial charge in [-0.05, 0) is 25.7 Å². The van der Waals surface area contributed by atoms with Crippen molar-refractivity contribution in [3.63, 3.8) is 0 Å². The van der Waals surface area contributed by atoms with Crippen molar-refractivity contribution >= 4 is 12.4 Å². The first-order valence-electron chi connectivity index (χ1n) is 9.83. The summed E-state index contributed by atoms with van der Waals surface area (Å²) in [7, 11) is 0. The van der Waals surface area contributed by atoms with Gasteiger partial charge in [-0.15, -0.1) is 12.4 Å². The van der Waals surface area contributed by atoms with Crippen molar-refractivity contribution in [2.75, 3.05) is 0 Å². The van der Waals surface area contributed by atoms with E-state index < -0.39 is 0 Å². The molecule has 0 bridgehead atoms. The molecular formula is C20H44ClN. The summed E-state index contributed by atoms with van der Waals surface area (Å²) >= 11 is 0. The van der Waals surface area contributed by atoms with E-state index in [4.69, 9.17) is 5.73 Å². The van der Waals surface area contributed by atoms with Gasteiger partial charge in [-0.25, -0.2) is 0 Å². The predicted octanol–water partition coefficient (Wildman–Crippen LogP) is 7.26. The molecule has 2 atom stereocenters. The first-order valence-corrected chi connectivity index (χ1v) is 9.83. The van der Waals surface area contributed by atoms with Crippen LogP contribution in [-0.2, 0) is 0 Å². The Morgan fingerprint density at radius 3 is 1.45 bits per heavy atom. The molecule has 0 aromatic heterocycles. The number of nitrogens with two attached hydrogens (primary N) is 1. The third kappa shape index (κ3) is 13.9. The predicted molar refractivity (Wildman–Crippen MR) is 105 cm³/mol. The van der Waals surface area contributed by atoms with Crippen LogP contribution < -0.4 is 5.73 Å². The van der Waals surface area contributed by atoms with Gasteiger partial charge in [-0.3, -0.25) is 0 Å². The maximum absolute atomic E-state index is 6.30. The summed E-state index contributed by atoms with van der Waals surface area (Å²) in [5.41, 5.74) is 6.34. The van der Waals surface area contributed by atoms with E-state index in [1.54, 1.807) is 0 Å². The molecule has 1 nitrogen and oxygen atoms in total. The third-order valence-electron chi connectivity index (χ3n) is 5.38. The summed E-state index contributed by atoms with van der Waals surface area (Å²) in [4.78, 5) is 0. The smallest absolute Gasteiger partial charge is 0.0149 e. The summed E-state index contributed by atoms with van der Waals surface area (Å²) in [5.74, 6) is 0.658. The van der Waals surface area contributed by atoms with Gasteiger partial charge in [0.25, 0.3) is 0 Å². The molecule has 2 heteroatoms. The number of unbranched alkanes of at least 4 members (excludes halogenated alkanes) is 11. The van der Waals surface area contributed by atoms with Crippen molar-refractivity contribution in [1.29, 1.82) is 0 Å². The summed E-state index contributed by atoms with van der Waals surface area (Å²) < 4.78 is 0. The highest BCUT2D eigenvalue weighted by Crippen LogP contribution is 2.23. The summed E-state index contributed by atoms with van der Waals surface area (Å²) in [6.45, 7) is 9.02. The van der Waals surface area contributed by atoms with Gasteiger partial charge in [-0.1, -0.05) is 97.8 Å². The van der Waals surface area contributed by atoms with E-state index in [-0.39, 0.29) is 17.9 Å². The monoisotopic (exact) mass is 333 g/mol. The quantitative estimate of drug-likeness (QED) is 0.313. The second-order valence-corrected chi connectivity index (χ2v) is 7.44.